The van der Waals surface area contributed by atoms with Gasteiger partial charge in [-0.25, -0.2) is 0 Å². The van der Waals surface area contributed by atoms with E-state index in [-0.39, 0.29) is 5.92 Å². The minimum atomic E-state index is 0.0663. The van der Waals surface area contributed by atoms with Crippen molar-refractivity contribution in [1.82, 2.24) is 4.98 Å². The van der Waals surface area contributed by atoms with E-state index in [9.17, 15) is 0 Å². The van der Waals surface area contributed by atoms with Crippen LogP contribution in [0.2, 0.25) is 0 Å². The van der Waals surface area contributed by atoms with Gasteiger partial charge in [0.1, 0.15) is 0 Å². The second kappa shape index (κ2) is 7.52. The Balaban J connectivity index is 2.12. The van der Waals surface area contributed by atoms with Crippen LogP contribution in [0.1, 0.15) is 24.1 Å². The molecule has 1 heterocycles. The summed E-state index contributed by atoms with van der Waals surface area (Å²) in [6, 6.07) is 11.9. The van der Waals surface area contributed by atoms with E-state index in [0.717, 1.165) is 22.0 Å². The lowest BCUT2D eigenvalue weighted by atomic mass is 9.93. The lowest BCUT2D eigenvalue weighted by Gasteiger charge is -2.17. The van der Waals surface area contributed by atoms with E-state index >= 15 is 0 Å². The molecule has 0 spiro atoms. The first-order valence-corrected chi connectivity index (χ1v) is 8.35. The summed E-state index contributed by atoms with van der Waals surface area (Å²) in [7, 11) is 6.54. The van der Waals surface area contributed by atoms with Crippen molar-refractivity contribution < 1.29 is 18.9 Å². The van der Waals surface area contributed by atoms with Crippen molar-refractivity contribution >= 4 is 10.8 Å². The Morgan fingerprint density at radius 3 is 2.00 bits per heavy atom. The van der Waals surface area contributed by atoms with Gasteiger partial charge >= 0.3 is 0 Å². The molecule has 1 aromatic heterocycles. The molecule has 0 radical (unpaired) electrons. The zero-order valence-electron chi connectivity index (χ0n) is 15.7. The topological polar surface area (TPSA) is 49.8 Å². The predicted molar refractivity (Wildman–Crippen MR) is 102 cm³/mol. The summed E-state index contributed by atoms with van der Waals surface area (Å²) in [5.74, 6) is 2.87. The van der Waals surface area contributed by atoms with Gasteiger partial charge in [-0.2, -0.15) is 0 Å². The molecule has 1 atom stereocenters. The van der Waals surface area contributed by atoms with E-state index in [4.69, 9.17) is 18.9 Å². The highest BCUT2D eigenvalue weighted by Crippen LogP contribution is 2.38. The van der Waals surface area contributed by atoms with Crippen molar-refractivity contribution in [2.24, 2.45) is 0 Å². The van der Waals surface area contributed by atoms with Crippen molar-refractivity contribution in [2.45, 2.75) is 12.8 Å². The van der Waals surface area contributed by atoms with Gasteiger partial charge in [-0.15, -0.1) is 0 Å². The molecule has 136 valence electrons. The number of benzene rings is 2. The minimum absolute atomic E-state index is 0.0663. The van der Waals surface area contributed by atoms with E-state index in [0.29, 0.717) is 23.0 Å². The van der Waals surface area contributed by atoms with E-state index in [2.05, 4.69) is 11.9 Å². The zero-order valence-corrected chi connectivity index (χ0v) is 15.7. The van der Waals surface area contributed by atoms with Crippen LogP contribution in [0, 0.1) is 0 Å². The van der Waals surface area contributed by atoms with Gasteiger partial charge < -0.3 is 18.9 Å². The Morgan fingerprint density at radius 2 is 1.35 bits per heavy atom. The van der Waals surface area contributed by atoms with Crippen LogP contribution in [0.15, 0.2) is 42.6 Å². The molecule has 0 saturated heterocycles. The quantitative estimate of drug-likeness (QED) is 0.656. The molecule has 0 bridgehead atoms. The number of pyridine rings is 1. The van der Waals surface area contributed by atoms with Gasteiger partial charge in [-0.05, 0) is 41.3 Å². The van der Waals surface area contributed by atoms with Gasteiger partial charge in [0, 0.05) is 17.5 Å². The zero-order chi connectivity index (χ0) is 18.7. The standard InChI is InChI=1S/C21H23NO4/c1-13(14-6-7-17(23-2)18(10-14)24-3)21-16-12-20(26-5)19(25-4)11-15(16)8-9-22-21/h6-13H,1-5H3. The third-order valence-electron chi connectivity index (χ3n) is 4.62. The van der Waals surface area contributed by atoms with E-state index in [1.54, 1.807) is 28.4 Å². The number of fused-ring (bicyclic) bond motifs is 1. The molecule has 0 saturated carbocycles. The largest absolute Gasteiger partial charge is 0.493 e. The first-order chi connectivity index (χ1) is 12.6. The molecule has 5 heteroatoms. The number of nitrogens with zero attached hydrogens (tertiary/aromatic N) is 1. The minimum Gasteiger partial charge on any atom is -0.493 e. The molecule has 3 aromatic rings. The van der Waals surface area contributed by atoms with E-state index in [1.165, 1.54) is 0 Å². The lowest BCUT2D eigenvalue weighted by molar-refractivity contribution is 0.354. The van der Waals surface area contributed by atoms with Crippen molar-refractivity contribution in [3.05, 3.63) is 53.9 Å². The number of hydrogen-bond acceptors (Lipinski definition) is 5. The molecule has 0 aliphatic heterocycles. The maximum absolute atomic E-state index is 5.46. The first kappa shape index (κ1) is 17.9. The van der Waals surface area contributed by atoms with Gasteiger partial charge in [0.2, 0.25) is 0 Å². The molecular formula is C21H23NO4. The smallest absolute Gasteiger partial charge is 0.161 e. The van der Waals surface area contributed by atoms with Gasteiger partial charge in [0.15, 0.2) is 23.0 Å². The fourth-order valence-electron chi connectivity index (χ4n) is 3.15. The van der Waals surface area contributed by atoms with Crippen LogP contribution in [0.25, 0.3) is 10.8 Å². The van der Waals surface area contributed by atoms with Crippen LogP contribution in [0.3, 0.4) is 0 Å². The SMILES string of the molecule is COc1ccc(C(C)c2nccc3cc(OC)c(OC)cc23)cc1OC. The Hall–Kier alpha value is -2.95. The highest BCUT2D eigenvalue weighted by molar-refractivity contribution is 5.88. The number of hydrogen-bond donors (Lipinski definition) is 0. The molecule has 3 rings (SSSR count). The summed E-state index contributed by atoms with van der Waals surface area (Å²) in [6.07, 6.45) is 1.82. The molecule has 0 fully saturated rings. The van der Waals surface area contributed by atoms with E-state index in [1.807, 2.05) is 42.6 Å². The van der Waals surface area contributed by atoms with Crippen LogP contribution in [0.4, 0.5) is 0 Å². The van der Waals surface area contributed by atoms with Gasteiger partial charge in [0.05, 0.1) is 34.1 Å². The lowest BCUT2D eigenvalue weighted by Crippen LogP contribution is -2.02. The summed E-state index contributed by atoms with van der Waals surface area (Å²) in [4.78, 5) is 4.64. The van der Waals surface area contributed by atoms with Gasteiger partial charge in [-0.1, -0.05) is 13.0 Å². The first-order valence-electron chi connectivity index (χ1n) is 8.35. The van der Waals surface area contributed by atoms with Crippen LogP contribution >= 0.6 is 0 Å². The maximum atomic E-state index is 5.46. The fourth-order valence-corrected chi connectivity index (χ4v) is 3.15. The number of ether oxygens (including phenoxy) is 4. The molecule has 0 amide bonds. The molecule has 5 nitrogen and oxygen atoms in total. The molecule has 1 unspecified atom stereocenters. The third kappa shape index (κ3) is 3.12. The summed E-state index contributed by atoms with van der Waals surface area (Å²) < 4.78 is 21.6. The van der Waals surface area contributed by atoms with Crippen LogP contribution < -0.4 is 18.9 Å². The number of aromatic nitrogens is 1. The van der Waals surface area contributed by atoms with Gasteiger partial charge in [0.25, 0.3) is 0 Å². The maximum Gasteiger partial charge on any atom is 0.161 e. The highest BCUT2D eigenvalue weighted by atomic mass is 16.5. The molecule has 0 N–H and O–H groups in total. The monoisotopic (exact) mass is 353 g/mol. The third-order valence-corrected chi connectivity index (χ3v) is 4.62. The predicted octanol–water partition coefficient (Wildman–Crippen LogP) is 4.42. The van der Waals surface area contributed by atoms with Crippen LogP contribution in [-0.4, -0.2) is 33.4 Å². The second-order valence-corrected chi connectivity index (χ2v) is 5.96. The van der Waals surface area contributed by atoms with Crippen molar-refractivity contribution in [1.29, 1.82) is 0 Å². The average molecular weight is 353 g/mol. The molecule has 2 aromatic carbocycles. The summed E-state index contributed by atoms with van der Waals surface area (Å²) in [5, 5.41) is 2.09. The Morgan fingerprint density at radius 1 is 0.731 bits per heavy atom. The molecular weight excluding hydrogens is 330 g/mol. The van der Waals surface area contributed by atoms with Crippen LogP contribution in [-0.2, 0) is 0 Å². The number of rotatable bonds is 6. The average Bonchev–Trinajstić information content (AvgIpc) is 2.70. The van der Waals surface area contributed by atoms with Crippen molar-refractivity contribution in [3.63, 3.8) is 0 Å². The summed E-state index contributed by atoms with van der Waals surface area (Å²) >= 11 is 0. The normalized spacial score (nSPS) is 11.9. The van der Waals surface area contributed by atoms with Crippen molar-refractivity contribution in [3.8, 4) is 23.0 Å². The molecule has 0 aliphatic rings. The van der Waals surface area contributed by atoms with Crippen molar-refractivity contribution in [2.75, 3.05) is 28.4 Å². The Labute approximate surface area is 153 Å². The summed E-state index contributed by atoms with van der Waals surface area (Å²) in [6.45, 7) is 2.12. The molecule has 26 heavy (non-hydrogen) atoms. The Kier molecular flexibility index (Phi) is 5.16. The Bertz CT molecular complexity index is 923. The summed E-state index contributed by atoms with van der Waals surface area (Å²) in [5.41, 5.74) is 2.06. The fraction of sp³-hybridized carbons (Fsp3) is 0.286. The number of methoxy groups -OCH3 is 4. The van der Waals surface area contributed by atoms with E-state index < -0.39 is 0 Å². The molecule has 0 aliphatic carbocycles. The highest BCUT2D eigenvalue weighted by Gasteiger charge is 2.17. The second-order valence-electron chi connectivity index (χ2n) is 5.96. The van der Waals surface area contributed by atoms with Crippen LogP contribution in [0.5, 0.6) is 23.0 Å². The van der Waals surface area contributed by atoms with Gasteiger partial charge in [-0.3, -0.25) is 4.98 Å².